The van der Waals surface area contributed by atoms with Crippen LogP contribution in [0, 0.1) is 12.8 Å². The molecule has 1 aromatic carbocycles. The number of ether oxygens (including phenoxy) is 1. The molecule has 0 amide bonds. The number of fused-ring (bicyclic) bond motifs is 1. The summed E-state index contributed by atoms with van der Waals surface area (Å²) in [7, 11) is 0. The molecule has 1 fully saturated rings. The van der Waals surface area contributed by atoms with E-state index in [0.717, 1.165) is 37.1 Å². The van der Waals surface area contributed by atoms with Crippen LogP contribution in [0.2, 0.25) is 0 Å². The number of nitrogens with zero attached hydrogens (tertiary/aromatic N) is 1. The largest absolute Gasteiger partial charge is 0.378 e. The van der Waals surface area contributed by atoms with Crippen molar-refractivity contribution in [3.05, 3.63) is 41.6 Å². The van der Waals surface area contributed by atoms with Gasteiger partial charge in [-0.2, -0.15) is 0 Å². The number of aromatic nitrogens is 1. The fourth-order valence-corrected chi connectivity index (χ4v) is 3.21. The van der Waals surface area contributed by atoms with Gasteiger partial charge in [0.2, 0.25) is 0 Å². The fraction of sp³-hybridized carbons (Fsp3) is 0.500. The third-order valence-corrected chi connectivity index (χ3v) is 4.46. The second kappa shape index (κ2) is 6.12. The predicted molar refractivity (Wildman–Crippen MR) is 86.2 cm³/mol. The van der Waals surface area contributed by atoms with Crippen LogP contribution in [0.25, 0.3) is 10.9 Å². The molecule has 1 aromatic heterocycles. The maximum Gasteiger partial charge on any atom is 0.0705 e. The Balaban J connectivity index is 1.65. The van der Waals surface area contributed by atoms with E-state index in [2.05, 4.69) is 42.2 Å². The zero-order chi connectivity index (χ0) is 14.8. The molecule has 1 saturated carbocycles. The van der Waals surface area contributed by atoms with Crippen molar-refractivity contribution < 1.29 is 4.74 Å². The molecule has 0 aliphatic heterocycles. The van der Waals surface area contributed by atoms with Gasteiger partial charge in [0.15, 0.2) is 0 Å². The maximum atomic E-state index is 6.38. The van der Waals surface area contributed by atoms with Crippen molar-refractivity contribution >= 4 is 10.9 Å². The van der Waals surface area contributed by atoms with Gasteiger partial charge in [-0.25, -0.2) is 0 Å². The van der Waals surface area contributed by atoms with Crippen molar-refractivity contribution in [3.63, 3.8) is 0 Å². The highest BCUT2D eigenvalue weighted by molar-refractivity contribution is 5.79. The van der Waals surface area contributed by atoms with Crippen LogP contribution in [0.4, 0.5) is 0 Å². The second-order valence-electron chi connectivity index (χ2n) is 6.16. The van der Waals surface area contributed by atoms with Gasteiger partial charge >= 0.3 is 0 Å². The van der Waals surface area contributed by atoms with Gasteiger partial charge in [-0.05, 0) is 62.8 Å². The van der Waals surface area contributed by atoms with Crippen molar-refractivity contribution in [3.8, 4) is 0 Å². The van der Waals surface area contributed by atoms with E-state index in [9.17, 15) is 0 Å². The second-order valence-corrected chi connectivity index (χ2v) is 6.16. The SMILES string of the molecule is CCOC1CC(CC(N)c2ccc3nc(C)ccc3c2)C1. The third-order valence-electron chi connectivity index (χ3n) is 4.46. The smallest absolute Gasteiger partial charge is 0.0705 e. The minimum atomic E-state index is 0.114. The predicted octanol–water partition coefficient (Wildman–Crippen LogP) is 3.75. The zero-order valence-corrected chi connectivity index (χ0v) is 12.9. The topological polar surface area (TPSA) is 48.1 Å². The minimum absolute atomic E-state index is 0.114. The number of aryl methyl sites for hydroxylation is 1. The first-order valence-electron chi connectivity index (χ1n) is 7.90. The van der Waals surface area contributed by atoms with Gasteiger partial charge < -0.3 is 10.5 Å². The molecule has 2 aromatic rings. The molecule has 3 nitrogen and oxygen atoms in total. The molecule has 0 bridgehead atoms. The lowest BCUT2D eigenvalue weighted by molar-refractivity contribution is -0.0282. The van der Waals surface area contributed by atoms with Gasteiger partial charge in [0.1, 0.15) is 0 Å². The van der Waals surface area contributed by atoms with Crippen LogP contribution >= 0.6 is 0 Å². The zero-order valence-electron chi connectivity index (χ0n) is 12.9. The monoisotopic (exact) mass is 284 g/mol. The van der Waals surface area contributed by atoms with Gasteiger partial charge in [0, 0.05) is 23.7 Å². The summed E-state index contributed by atoms with van der Waals surface area (Å²) in [5.74, 6) is 0.711. The Morgan fingerprint density at radius 1 is 1.29 bits per heavy atom. The Labute approximate surface area is 126 Å². The Morgan fingerprint density at radius 3 is 2.86 bits per heavy atom. The first-order chi connectivity index (χ1) is 10.2. The van der Waals surface area contributed by atoms with Gasteiger partial charge in [-0.15, -0.1) is 0 Å². The van der Waals surface area contributed by atoms with Crippen LogP contribution < -0.4 is 5.73 Å². The molecule has 3 heteroatoms. The van der Waals surface area contributed by atoms with Crippen LogP contribution in [0.15, 0.2) is 30.3 Å². The maximum absolute atomic E-state index is 6.38. The van der Waals surface area contributed by atoms with Gasteiger partial charge in [0.05, 0.1) is 11.6 Å². The van der Waals surface area contributed by atoms with E-state index in [1.54, 1.807) is 0 Å². The molecular formula is C18H24N2O. The molecule has 0 spiro atoms. The number of nitrogens with two attached hydrogens (primary N) is 1. The average Bonchev–Trinajstić information content (AvgIpc) is 2.44. The summed E-state index contributed by atoms with van der Waals surface area (Å²) in [5, 5.41) is 1.18. The molecule has 2 N–H and O–H groups in total. The highest BCUT2D eigenvalue weighted by Gasteiger charge is 2.30. The summed E-state index contributed by atoms with van der Waals surface area (Å²) in [6.45, 7) is 4.90. The highest BCUT2D eigenvalue weighted by atomic mass is 16.5. The van der Waals surface area contributed by atoms with Crippen LogP contribution in [0.5, 0.6) is 0 Å². The normalized spacial score (nSPS) is 23.0. The molecular weight excluding hydrogens is 260 g/mol. The van der Waals surface area contributed by atoms with Crippen molar-refractivity contribution in [1.29, 1.82) is 0 Å². The van der Waals surface area contributed by atoms with E-state index in [-0.39, 0.29) is 6.04 Å². The quantitative estimate of drug-likeness (QED) is 0.909. The van der Waals surface area contributed by atoms with Gasteiger partial charge in [0.25, 0.3) is 0 Å². The van der Waals surface area contributed by atoms with Crippen molar-refractivity contribution in [2.75, 3.05) is 6.61 Å². The van der Waals surface area contributed by atoms with Crippen LogP contribution in [0.3, 0.4) is 0 Å². The van der Waals surface area contributed by atoms with Gasteiger partial charge in [-0.3, -0.25) is 4.98 Å². The number of pyridine rings is 1. The molecule has 1 heterocycles. The molecule has 21 heavy (non-hydrogen) atoms. The lowest BCUT2D eigenvalue weighted by Crippen LogP contribution is -2.33. The first kappa shape index (κ1) is 14.5. The Bertz CT molecular complexity index is 620. The summed E-state index contributed by atoms with van der Waals surface area (Å²) in [5.41, 5.74) is 9.70. The summed E-state index contributed by atoms with van der Waals surface area (Å²) in [4.78, 5) is 4.54. The van der Waals surface area contributed by atoms with E-state index >= 15 is 0 Å². The van der Waals surface area contributed by atoms with Crippen molar-refractivity contribution in [2.45, 2.75) is 45.3 Å². The summed E-state index contributed by atoms with van der Waals surface area (Å²) in [6.07, 6.45) is 3.84. The number of hydrogen-bond donors (Lipinski definition) is 1. The van der Waals surface area contributed by atoms with Crippen molar-refractivity contribution in [2.24, 2.45) is 11.7 Å². The van der Waals surface area contributed by atoms with E-state index in [1.165, 1.54) is 10.9 Å². The molecule has 0 radical (unpaired) electrons. The standard InChI is InChI=1S/C18H24N2O/c1-3-21-16-8-13(9-16)10-17(19)14-6-7-18-15(11-14)5-4-12(2)20-18/h4-7,11,13,16-17H,3,8-10,19H2,1-2H3. The van der Waals surface area contributed by atoms with Crippen LogP contribution in [0.1, 0.15) is 43.5 Å². The third kappa shape index (κ3) is 3.25. The molecule has 1 unspecified atom stereocenters. The summed E-state index contributed by atoms with van der Waals surface area (Å²) >= 11 is 0. The van der Waals surface area contributed by atoms with Crippen molar-refractivity contribution in [1.82, 2.24) is 4.98 Å². The lowest BCUT2D eigenvalue weighted by Gasteiger charge is -2.36. The number of rotatable bonds is 5. The average molecular weight is 284 g/mol. The Hall–Kier alpha value is -1.45. The van der Waals surface area contributed by atoms with E-state index < -0.39 is 0 Å². The van der Waals surface area contributed by atoms with Gasteiger partial charge in [-0.1, -0.05) is 12.1 Å². The molecule has 0 saturated heterocycles. The Kier molecular flexibility index (Phi) is 4.22. The summed E-state index contributed by atoms with van der Waals surface area (Å²) < 4.78 is 5.62. The Morgan fingerprint density at radius 2 is 2.10 bits per heavy atom. The molecule has 1 aliphatic rings. The molecule has 3 rings (SSSR count). The van der Waals surface area contributed by atoms with E-state index in [1.807, 2.05) is 6.92 Å². The molecule has 1 aliphatic carbocycles. The number of hydrogen-bond acceptors (Lipinski definition) is 3. The van der Waals surface area contributed by atoms with Crippen LogP contribution in [-0.4, -0.2) is 17.7 Å². The van der Waals surface area contributed by atoms with E-state index in [0.29, 0.717) is 12.0 Å². The van der Waals surface area contributed by atoms with Crippen LogP contribution in [-0.2, 0) is 4.74 Å². The molecule has 112 valence electrons. The summed E-state index contributed by atoms with van der Waals surface area (Å²) in [6, 6.07) is 10.7. The fourth-order valence-electron chi connectivity index (χ4n) is 3.21. The minimum Gasteiger partial charge on any atom is -0.378 e. The van der Waals surface area contributed by atoms with E-state index in [4.69, 9.17) is 10.5 Å². The highest BCUT2D eigenvalue weighted by Crippen LogP contribution is 2.36. The lowest BCUT2D eigenvalue weighted by atomic mass is 9.77. The molecule has 1 atom stereocenters. The first-order valence-corrected chi connectivity index (χ1v) is 7.90. The number of benzene rings is 1.